The maximum atomic E-state index is 12.9. The Labute approximate surface area is 198 Å². The topological polar surface area (TPSA) is 143 Å². The van der Waals surface area contributed by atoms with Crippen molar-refractivity contribution in [2.45, 2.75) is 19.2 Å². The first-order chi connectivity index (χ1) is 16.5. The molecule has 3 rings (SSSR count). The number of aliphatic hydroxyl groups is 1. The van der Waals surface area contributed by atoms with Gasteiger partial charge in [0.2, 0.25) is 0 Å². The molecule has 6 N–H and O–H groups in total. The third-order valence-corrected chi connectivity index (χ3v) is 4.88. The average Bonchev–Trinajstić information content (AvgIpc) is 3.21. The number of rotatable bonds is 11. The lowest BCUT2D eigenvalue weighted by atomic mass is 10.2. The molecule has 9 nitrogen and oxygen atoms in total. The van der Waals surface area contributed by atoms with Crippen LogP contribution in [0, 0.1) is 6.92 Å². The molecule has 0 saturated carbocycles. The Balaban J connectivity index is 1.39. The monoisotopic (exact) mass is 494 g/mol. The molecular formula is C23H25F3N4O5. The highest BCUT2D eigenvalue weighted by atomic mass is 19.4. The lowest BCUT2D eigenvalue weighted by Gasteiger charge is -2.14. The van der Waals surface area contributed by atoms with E-state index in [1.807, 2.05) is 0 Å². The smallest absolute Gasteiger partial charge is 0.435 e. The molecule has 0 bridgehead atoms. The predicted molar refractivity (Wildman–Crippen MR) is 120 cm³/mol. The lowest BCUT2D eigenvalue weighted by Crippen LogP contribution is -2.33. The Kier molecular flexibility index (Phi) is 8.20. The molecule has 0 fully saturated rings. The number of phenols is 1. The van der Waals surface area contributed by atoms with E-state index in [4.69, 9.17) is 15.2 Å². The first-order valence-corrected chi connectivity index (χ1v) is 10.6. The van der Waals surface area contributed by atoms with E-state index in [1.54, 1.807) is 24.3 Å². The van der Waals surface area contributed by atoms with Gasteiger partial charge in [-0.2, -0.15) is 13.2 Å². The summed E-state index contributed by atoms with van der Waals surface area (Å²) >= 11 is 0. The van der Waals surface area contributed by atoms with Gasteiger partial charge in [-0.15, -0.1) is 0 Å². The number of amides is 1. The molecule has 3 aromatic rings. The summed E-state index contributed by atoms with van der Waals surface area (Å²) in [5.74, 6) is -0.0908. The first kappa shape index (κ1) is 25.8. The summed E-state index contributed by atoms with van der Waals surface area (Å²) in [7, 11) is 0. The molecule has 2 aromatic carbocycles. The van der Waals surface area contributed by atoms with Gasteiger partial charge in [-0.1, -0.05) is 0 Å². The number of halogens is 3. The largest absolute Gasteiger partial charge is 0.507 e. The number of imidazole rings is 1. The number of hydrogen-bond acceptors (Lipinski definition) is 7. The maximum absolute atomic E-state index is 12.9. The molecule has 0 saturated heterocycles. The summed E-state index contributed by atoms with van der Waals surface area (Å²) in [6.45, 7) is 2.15. The van der Waals surface area contributed by atoms with Gasteiger partial charge in [0.1, 0.15) is 42.4 Å². The summed E-state index contributed by atoms with van der Waals surface area (Å²) in [5, 5.41) is 22.6. The Morgan fingerprint density at radius 3 is 2.49 bits per heavy atom. The number of aromatic amines is 1. The van der Waals surface area contributed by atoms with Crippen LogP contribution in [0.1, 0.15) is 21.7 Å². The number of ether oxygens (including phenoxy) is 2. The number of nitrogens with one attached hydrogen (secondary N) is 2. The Bertz CT molecular complexity index is 1150. The second-order valence-electron chi connectivity index (χ2n) is 7.64. The third kappa shape index (κ3) is 7.11. The van der Waals surface area contributed by atoms with Crippen molar-refractivity contribution < 1.29 is 37.7 Å². The van der Waals surface area contributed by atoms with Gasteiger partial charge < -0.3 is 35.7 Å². The molecule has 1 heterocycles. The minimum Gasteiger partial charge on any atom is -0.507 e. The van der Waals surface area contributed by atoms with Crippen LogP contribution in [-0.2, 0) is 6.18 Å². The number of benzene rings is 2. The quantitative estimate of drug-likeness (QED) is 0.258. The zero-order valence-corrected chi connectivity index (χ0v) is 18.7. The Morgan fingerprint density at radius 2 is 1.86 bits per heavy atom. The van der Waals surface area contributed by atoms with Gasteiger partial charge in [-0.25, -0.2) is 4.98 Å². The number of aliphatic hydroxyl groups excluding tert-OH is 1. The fraction of sp³-hybridized carbons (Fsp3) is 0.304. The fourth-order valence-electron chi connectivity index (χ4n) is 3.15. The van der Waals surface area contributed by atoms with Crippen LogP contribution in [0.2, 0.25) is 0 Å². The number of H-pyrrole nitrogens is 1. The molecular weight excluding hydrogens is 469 g/mol. The van der Waals surface area contributed by atoms with E-state index in [-0.39, 0.29) is 42.6 Å². The molecule has 0 aliphatic carbocycles. The molecule has 1 atom stereocenters. The minimum atomic E-state index is -4.53. The number of hydrogen-bond donors (Lipinski definition) is 5. The highest BCUT2D eigenvalue weighted by molar-refractivity contribution is 5.95. The summed E-state index contributed by atoms with van der Waals surface area (Å²) in [4.78, 5) is 17.5. The van der Waals surface area contributed by atoms with Crippen molar-refractivity contribution in [3.05, 3.63) is 59.4 Å². The van der Waals surface area contributed by atoms with Gasteiger partial charge in [-0.05, 0) is 49.4 Å². The summed E-state index contributed by atoms with van der Waals surface area (Å²) in [6.07, 6.45) is -5.36. The highest BCUT2D eigenvalue weighted by Gasteiger charge is 2.36. The van der Waals surface area contributed by atoms with Crippen LogP contribution in [0.5, 0.6) is 17.2 Å². The molecule has 0 radical (unpaired) electrons. The van der Waals surface area contributed by atoms with Crippen LogP contribution < -0.4 is 20.5 Å². The molecule has 12 heteroatoms. The summed E-state index contributed by atoms with van der Waals surface area (Å²) < 4.78 is 49.7. The van der Waals surface area contributed by atoms with Gasteiger partial charge in [-0.3, -0.25) is 4.79 Å². The average molecular weight is 494 g/mol. The van der Waals surface area contributed by atoms with Crippen LogP contribution in [0.3, 0.4) is 0 Å². The number of alkyl halides is 3. The lowest BCUT2D eigenvalue weighted by molar-refractivity contribution is -0.141. The van der Waals surface area contributed by atoms with Gasteiger partial charge in [0.25, 0.3) is 5.91 Å². The van der Waals surface area contributed by atoms with Crippen molar-refractivity contribution in [1.82, 2.24) is 15.3 Å². The second kappa shape index (κ2) is 11.1. The number of aryl methyl sites for hydroxylation is 1. The van der Waals surface area contributed by atoms with Crippen LogP contribution in [0.15, 0.2) is 42.5 Å². The van der Waals surface area contributed by atoms with Crippen LogP contribution in [0.4, 0.5) is 13.2 Å². The molecule has 35 heavy (non-hydrogen) atoms. The van der Waals surface area contributed by atoms with E-state index in [1.165, 1.54) is 25.1 Å². The molecule has 1 aromatic heterocycles. The van der Waals surface area contributed by atoms with Crippen LogP contribution >= 0.6 is 0 Å². The molecule has 1 amide bonds. The maximum Gasteiger partial charge on any atom is 0.435 e. The number of carbonyl (C=O) groups is 1. The number of nitrogens with two attached hydrogens (primary N) is 1. The van der Waals surface area contributed by atoms with Gasteiger partial charge >= 0.3 is 6.18 Å². The second-order valence-corrected chi connectivity index (χ2v) is 7.64. The van der Waals surface area contributed by atoms with Crippen molar-refractivity contribution in [2.75, 3.05) is 26.3 Å². The van der Waals surface area contributed by atoms with E-state index in [9.17, 15) is 28.2 Å². The summed E-state index contributed by atoms with van der Waals surface area (Å²) in [6, 6.07) is 10.4. The van der Waals surface area contributed by atoms with E-state index >= 15 is 0 Å². The molecule has 1 unspecified atom stereocenters. The zero-order valence-electron chi connectivity index (χ0n) is 18.7. The van der Waals surface area contributed by atoms with Crippen LogP contribution in [-0.4, -0.2) is 58.5 Å². The Morgan fingerprint density at radius 1 is 1.17 bits per heavy atom. The number of carbonyl (C=O) groups excluding carboxylic acids is 1. The van der Waals surface area contributed by atoms with Gasteiger partial charge in [0.05, 0.1) is 5.56 Å². The number of aromatic nitrogens is 2. The number of nitrogens with zero attached hydrogens (tertiary/aromatic N) is 1. The normalized spacial score (nSPS) is 12.4. The Hall–Kier alpha value is -3.77. The SMILES string of the molecule is Cc1[nH]c(-c2ccc(OCC(O)CNCCOc3ccc(O)c(C(N)=O)c3)cc2)nc1C(F)(F)F. The van der Waals surface area contributed by atoms with Crippen LogP contribution in [0.25, 0.3) is 11.4 Å². The summed E-state index contributed by atoms with van der Waals surface area (Å²) in [5.41, 5.74) is 4.58. The first-order valence-electron chi connectivity index (χ1n) is 10.6. The third-order valence-electron chi connectivity index (χ3n) is 4.88. The zero-order chi connectivity index (χ0) is 25.6. The van der Waals surface area contributed by atoms with E-state index in [0.29, 0.717) is 23.6 Å². The molecule has 188 valence electrons. The van der Waals surface area contributed by atoms with Gasteiger partial charge in [0, 0.05) is 24.3 Å². The van der Waals surface area contributed by atoms with Crippen molar-refractivity contribution in [1.29, 1.82) is 0 Å². The van der Waals surface area contributed by atoms with Gasteiger partial charge in [0.15, 0.2) is 5.69 Å². The molecule has 0 aliphatic rings. The molecule has 0 aliphatic heterocycles. The highest BCUT2D eigenvalue weighted by Crippen LogP contribution is 2.32. The van der Waals surface area contributed by atoms with Crippen molar-refractivity contribution >= 4 is 5.91 Å². The van der Waals surface area contributed by atoms with Crippen molar-refractivity contribution in [3.8, 4) is 28.6 Å². The predicted octanol–water partition coefficient (Wildman–Crippen LogP) is 2.62. The standard InChI is InChI=1S/C23H25F3N4O5/c1-13-20(23(24,25)26)30-22(29-13)14-2-4-16(5-3-14)35-12-15(31)11-28-8-9-34-17-6-7-19(32)18(10-17)21(27)33/h2-7,10,15,28,31-32H,8-9,11-12H2,1H3,(H2,27,33)(H,29,30). The number of primary amides is 1. The minimum absolute atomic E-state index is 0.00871. The van der Waals surface area contributed by atoms with E-state index in [2.05, 4.69) is 15.3 Å². The van der Waals surface area contributed by atoms with E-state index in [0.717, 1.165) is 0 Å². The van der Waals surface area contributed by atoms with Crippen molar-refractivity contribution in [2.24, 2.45) is 5.73 Å². The molecule has 0 spiro atoms. The van der Waals surface area contributed by atoms with Crippen molar-refractivity contribution in [3.63, 3.8) is 0 Å². The number of aromatic hydroxyl groups is 1. The fourth-order valence-corrected chi connectivity index (χ4v) is 3.15. The van der Waals surface area contributed by atoms with E-state index < -0.39 is 23.9 Å².